The third kappa shape index (κ3) is 4.61. The van der Waals surface area contributed by atoms with Gasteiger partial charge in [-0.2, -0.15) is 9.40 Å². The molecule has 0 aliphatic carbocycles. The molecule has 1 aliphatic heterocycles. The number of hydrogen-bond acceptors (Lipinski definition) is 4. The van der Waals surface area contributed by atoms with Gasteiger partial charge in [0.25, 0.3) is 0 Å². The maximum atomic E-state index is 13.7. The number of hydrogen-bond donors (Lipinski definition) is 0. The summed E-state index contributed by atoms with van der Waals surface area (Å²) < 4.78 is 30.7. The Hall–Kier alpha value is -3.26. The lowest BCUT2D eigenvalue weighted by atomic mass is 10.2. The topological polar surface area (TPSA) is 58.4 Å². The van der Waals surface area contributed by atoms with Crippen molar-refractivity contribution in [1.82, 2.24) is 19.0 Å². The van der Waals surface area contributed by atoms with Crippen molar-refractivity contribution in [2.24, 2.45) is 0 Å². The van der Waals surface area contributed by atoms with Gasteiger partial charge >= 0.3 is 0 Å². The Morgan fingerprint density at radius 3 is 1.94 bits per heavy atom. The predicted octanol–water partition coefficient (Wildman–Crippen LogP) is 4.05. The summed E-state index contributed by atoms with van der Waals surface area (Å²) in [5, 5.41) is 4.68. The molecule has 168 valence electrons. The Balaban J connectivity index is 1.42. The van der Waals surface area contributed by atoms with Crippen LogP contribution < -0.4 is 0 Å². The molecule has 0 radical (unpaired) electrons. The molecule has 0 spiro atoms. The highest BCUT2D eigenvalue weighted by Gasteiger charge is 2.32. The summed E-state index contributed by atoms with van der Waals surface area (Å²) in [5.74, 6) is 0. The van der Waals surface area contributed by atoms with Gasteiger partial charge in [0.05, 0.1) is 11.9 Å². The first kappa shape index (κ1) is 21.6. The van der Waals surface area contributed by atoms with Gasteiger partial charge in [-0.05, 0) is 17.7 Å². The highest BCUT2D eigenvalue weighted by molar-refractivity contribution is 7.89. The second-order valence-corrected chi connectivity index (χ2v) is 10.1. The Morgan fingerprint density at radius 2 is 1.30 bits per heavy atom. The fourth-order valence-corrected chi connectivity index (χ4v) is 5.72. The average Bonchev–Trinajstić information content (AvgIpc) is 3.33. The summed E-state index contributed by atoms with van der Waals surface area (Å²) in [6, 6.07) is 29.4. The van der Waals surface area contributed by atoms with E-state index in [0.29, 0.717) is 31.9 Å². The molecule has 0 amide bonds. The molecular formula is C26H26N4O2S. The van der Waals surface area contributed by atoms with Gasteiger partial charge in [0, 0.05) is 38.3 Å². The van der Waals surface area contributed by atoms with Crippen LogP contribution in [0.2, 0.25) is 0 Å². The normalized spacial score (nSPS) is 15.5. The Labute approximate surface area is 194 Å². The van der Waals surface area contributed by atoms with Crippen molar-refractivity contribution < 1.29 is 8.42 Å². The molecule has 0 saturated carbocycles. The van der Waals surface area contributed by atoms with Crippen LogP contribution in [0.1, 0.15) is 5.56 Å². The number of rotatable bonds is 6. The fourth-order valence-electron chi connectivity index (χ4n) is 4.16. The van der Waals surface area contributed by atoms with E-state index in [9.17, 15) is 8.42 Å². The summed E-state index contributed by atoms with van der Waals surface area (Å²) in [6.07, 6.45) is 1.64. The summed E-state index contributed by atoms with van der Waals surface area (Å²) in [5.41, 5.74) is 3.33. The van der Waals surface area contributed by atoms with Gasteiger partial charge in [0.1, 0.15) is 10.6 Å². The molecule has 0 atom stereocenters. The molecule has 7 heteroatoms. The van der Waals surface area contributed by atoms with Gasteiger partial charge in [-0.15, -0.1) is 0 Å². The van der Waals surface area contributed by atoms with Crippen molar-refractivity contribution in [2.75, 3.05) is 26.2 Å². The summed E-state index contributed by atoms with van der Waals surface area (Å²) in [7, 11) is -3.70. The Bertz CT molecular complexity index is 1300. The molecule has 0 unspecified atom stereocenters. The van der Waals surface area contributed by atoms with Gasteiger partial charge in [-0.1, -0.05) is 78.9 Å². The van der Waals surface area contributed by atoms with E-state index in [0.717, 1.165) is 17.8 Å². The molecule has 0 N–H and O–H groups in total. The zero-order valence-electron chi connectivity index (χ0n) is 18.3. The first-order chi connectivity index (χ1) is 16.1. The van der Waals surface area contributed by atoms with Crippen LogP contribution in [0.5, 0.6) is 0 Å². The summed E-state index contributed by atoms with van der Waals surface area (Å²) in [6.45, 7) is 3.14. The fraction of sp³-hybridized carbons (Fsp3) is 0.192. The van der Waals surface area contributed by atoms with E-state index in [-0.39, 0.29) is 4.90 Å². The van der Waals surface area contributed by atoms with E-state index >= 15 is 0 Å². The first-order valence-corrected chi connectivity index (χ1v) is 12.5. The van der Waals surface area contributed by atoms with E-state index in [4.69, 9.17) is 0 Å². The lowest BCUT2D eigenvalue weighted by Crippen LogP contribution is -2.48. The predicted molar refractivity (Wildman–Crippen MR) is 129 cm³/mol. The minimum atomic E-state index is -3.70. The van der Waals surface area contributed by atoms with Crippen LogP contribution in [-0.4, -0.2) is 53.6 Å². The van der Waals surface area contributed by atoms with Crippen LogP contribution in [-0.2, 0) is 16.6 Å². The van der Waals surface area contributed by atoms with Crippen molar-refractivity contribution in [3.63, 3.8) is 0 Å². The first-order valence-electron chi connectivity index (χ1n) is 11.1. The van der Waals surface area contributed by atoms with Crippen molar-refractivity contribution in [3.8, 4) is 16.9 Å². The second-order valence-electron chi connectivity index (χ2n) is 8.15. The zero-order valence-corrected chi connectivity index (χ0v) is 19.1. The standard InChI is InChI=1S/C26H26N4O2S/c31-33(32,29-18-16-28(17-19-29)20-22-10-4-1-5-11-22)25-21-30(24-14-8-3-9-15-24)27-26(25)23-12-6-2-7-13-23/h1-15,21H,16-20H2. The number of benzene rings is 3. The maximum Gasteiger partial charge on any atom is 0.246 e. The van der Waals surface area contributed by atoms with Gasteiger partial charge in [0.15, 0.2) is 0 Å². The number of piperazine rings is 1. The molecule has 1 saturated heterocycles. The smallest absolute Gasteiger partial charge is 0.246 e. The van der Waals surface area contributed by atoms with Crippen molar-refractivity contribution >= 4 is 10.0 Å². The monoisotopic (exact) mass is 458 g/mol. The minimum Gasteiger partial charge on any atom is -0.296 e. The van der Waals surface area contributed by atoms with Gasteiger partial charge in [0.2, 0.25) is 10.0 Å². The van der Waals surface area contributed by atoms with Crippen molar-refractivity contribution in [1.29, 1.82) is 0 Å². The van der Waals surface area contributed by atoms with E-state index in [1.807, 2.05) is 78.9 Å². The number of sulfonamides is 1. The third-order valence-electron chi connectivity index (χ3n) is 5.95. The van der Waals surface area contributed by atoms with Gasteiger partial charge in [-0.3, -0.25) is 4.90 Å². The molecule has 3 aromatic carbocycles. The summed E-state index contributed by atoms with van der Waals surface area (Å²) in [4.78, 5) is 2.54. The molecule has 4 aromatic rings. The van der Waals surface area contributed by atoms with Gasteiger partial charge < -0.3 is 0 Å². The van der Waals surface area contributed by atoms with Crippen molar-refractivity contribution in [2.45, 2.75) is 11.4 Å². The second kappa shape index (κ2) is 9.31. The lowest BCUT2D eigenvalue weighted by Gasteiger charge is -2.33. The number of aromatic nitrogens is 2. The molecule has 1 aromatic heterocycles. The molecular weight excluding hydrogens is 432 g/mol. The van der Waals surface area contributed by atoms with E-state index in [1.54, 1.807) is 15.2 Å². The lowest BCUT2D eigenvalue weighted by molar-refractivity contribution is 0.181. The van der Waals surface area contributed by atoms with Crippen LogP contribution in [0.25, 0.3) is 16.9 Å². The van der Waals surface area contributed by atoms with Crippen molar-refractivity contribution in [3.05, 3.63) is 103 Å². The van der Waals surface area contributed by atoms with E-state index < -0.39 is 10.0 Å². The quantitative estimate of drug-likeness (QED) is 0.438. The van der Waals surface area contributed by atoms with Crippen LogP contribution in [0.4, 0.5) is 0 Å². The van der Waals surface area contributed by atoms with Crippen LogP contribution in [0, 0.1) is 0 Å². The number of nitrogens with zero attached hydrogens (tertiary/aromatic N) is 4. The van der Waals surface area contributed by atoms with Crippen LogP contribution in [0.3, 0.4) is 0 Å². The third-order valence-corrected chi connectivity index (χ3v) is 7.85. The highest BCUT2D eigenvalue weighted by Crippen LogP contribution is 2.30. The Kier molecular flexibility index (Phi) is 6.09. The SMILES string of the molecule is O=S(=O)(c1cn(-c2ccccc2)nc1-c1ccccc1)N1CCN(Cc2ccccc2)CC1. The van der Waals surface area contributed by atoms with Crippen LogP contribution in [0.15, 0.2) is 102 Å². The Morgan fingerprint density at radius 1 is 0.727 bits per heavy atom. The van der Waals surface area contributed by atoms with E-state index in [1.165, 1.54) is 5.56 Å². The zero-order chi connectivity index (χ0) is 22.7. The molecule has 33 heavy (non-hydrogen) atoms. The largest absolute Gasteiger partial charge is 0.296 e. The molecule has 1 fully saturated rings. The van der Waals surface area contributed by atoms with Crippen LogP contribution >= 0.6 is 0 Å². The van der Waals surface area contributed by atoms with E-state index in [2.05, 4.69) is 22.1 Å². The molecule has 0 bridgehead atoms. The highest BCUT2D eigenvalue weighted by atomic mass is 32.2. The molecule has 5 rings (SSSR count). The minimum absolute atomic E-state index is 0.245. The average molecular weight is 459 g/mol. The molecule has 1 aliphatic rings. The maximum absolute atomic E-state index is 13.7. The van der Waals surface area contributed by atoms with Gasteiger partial charge in [-0.25, -0.2) is 13.1 Å². The summed E-state index contributed by atoms with van der Waals surface area (Å²) >= 11 is 0. The molecule has 6 nitrogen and oxygen atoms in total. The number of para-hydroxylation sites is 1. The molecule has 2 heterocycles.